The summed E-state index contributed by atoms with van der Waals surface area (Å²) in [6.07, 6.45) is 0. The molecule has 0 spiro atoms. The molecular weight excluding hydrogens is 358 g/mol. The Morgan fingerprint density at radius 2 is 1.86 bits per heavy atom. The number of likely N-dealkylation sites (tertiary alicyclic amines) is 1. The fourth-order valence-electron chi connectivity index (χ4n) is 3.24. The van der Waals surface area contributed by atoms with Crippen LogP contribution in [0.15, 0.2) is 53.1 Å². The van der Waals surface area contributed by atoms with Gasteiger partial charge in [-0.25, -0.2) is 0 Å². The quantitative estimate of drug-likeness (QED) is 0.653. The molecule has 1 aliphatic heterocycles. The maximum atomic E-state index is 12.8. The second kappa shape index (κ2) is 7.72. The first kappa shape index (κ1) is 18.0. The molecule has 2 heterocycles. The number of para-hydroxylation sites is 2. The first-order valence-electron chi connectivity index (χ1n) is 9.19. The fraction of sp³-hybridized carbons (Fsp3) is 0.286. The Labute approximate surface area is 162 Å². The van der Waals surface area contributed by atoms with Crippen LogP contribution in [0.4, 0.5) is 0 Å². The Kier molecular flexibility index (Phi) is 4.97. The van der Waals surface area contributed by atoms with Crippen molar-refractivity contribution in [3.8, 4) is 22.9 Å². The molecule has 0 bridgehead atoms. The Hall–Kier alpha value is -3.35. The van der Waals surface area contributed by atoms with Gasteiger partial charge in [-0.05, 0) is 31.2 Å². The van der Waals surface area contributed by atoms with Crippen molar-refractivity contribution in [2.24, 2.45) is 0 Å². The van der Waals surface area contributed by atoms with Gasteiger partial charge in [0.1, 0.15) is 11.5 Å². The normalized spacial score (nSPS) is 13.9. The lowest BCUT2D eigenvalue weighted by molar-refractivity contribution is 0.0565. The number of hydrogen-bond donors (Lipinski definition) is 0. The first-order valence-corrected chi connectivity index (χ1v) is 9.19. The van der Waals surface area contributed by atoms with Crippen LogP contribution < -0.4 is 9.47 Å². The summed E-state index contributed by atoms with van der Waals surface area (Å²) in [6.45, 7) is 3.48. The molecule has 4 rings (SSSR count). The number of ether oxygens (including phenoxy) is 2. The topological polar surface area (TPSA) is 77.7 Å². The third-order valence-corrected chi connectivity index (χ3v) is 4.72. The maximum absolute atomic E-state index is 12.8. The van der Waals surface area contributed by atoms with Crippen molar-refractivity contribution in [1.29, 1.82) is 0 Å². The second-order valence-electron chi connectivity index (χ2n) is 6.49. The molecule has 2 aromatic carbocycles. The van der Waals surface area contributed by atoms with E-state index >= 15 is 0 Å². The van der Waals surface area contributed by atoms with Gasteiger partial charge in [0.15, 0.2) is 0 Å². The minimum Gasteiger partial charge on any atom is -0.496 e. The monoisotopic (exact) mass is 379 g/mol. The summed E-state index contributed by atoms with van der Waals surface area (Å²) < 4.78 is 16.4. The molecule has 28 heavy (non-hydrogen) atoms. The Balaban J connectivity index is 1.45. The van der Waals surface area contributed by atoms with Crippen LogP contribution in [0.1, 0.15) is 29.1 Å². The number of methoxy groups -OCH3 is 1. The maximum Gasteiger partial charge on any atom is 0.257 e. The zero-order valence-corrected chi connectivity index (χ0v) is 15.8. The minimum atomic E-state index is -0.0511. The van der Waals surface area contributed by atoms with Crippen LogP contribution in [0.5, 0.6) is 11.5 Å². The van der Waals surface area contributed by atoms with E-state index < -0.39 is 0 Å². The van der Waals surface area contributed by atoms with Gasteiger partial charge in [0, 0.05) is 13.1 Å². The van der Waals surface area contributed by atoms with Gasteiger partial charge in [0.2, 0.25) is 11.7 Å². The van der Waals surface area contributed by atoms with Gasteiger partial charge in [0.25, 0.3) is 5.91 Å². The van der Waals surface area contributed by atoms with E-state index in [0.717, 1.165) is 5.56 Å². The predicted molar refractivity (Wildman–Crippen MR) is 103 cm³/mol. The summed E-state index contributed by atoms with van der Waals surface area (Å²) in [5, 5.41) is 4.07. The average molecular weight is 379 g/mol. The molecular formula is C21H21N3O4. The molecule has 0 saturated carbocycles. The SMILES string of the molecule is CCOc1ccccc1C(=O)N1CC(c2nc(-c3ccccc3OC)no2)C1. The highest BCUT2D eigenvalue weighted by atomic mass is 16.5. The van der Waals surface area contributed by atoms with Crippen molar-refractivity contribution in [3.63, 3.8) is 0 Å². The van der Waals surface area contributed by atoms with Gasteiger partial charge < -0.3 is 18.9 Å². The van der Waals surface area contributed by atoms with E-state index in [0.29, 0.717) is 48.5 Å². The van der Waals surface area contributed by atoms with Gasteiger partial charge in [-0.1, -0.05) is 29.4 Å². The molecule has 144 valence electrons. The Morgan fingerprint density at radius 3 is 2.61 bits per heavy atom. The third-order valence-electron chi connectivity index (χ3n) is 4.72. The number of nitrogens with zero attached hydrogens (tertiary/aromatic N) is 3. The molecule has 0 aliphatic carbocycles. The van der Waals surface area contributed by atoms with Gasteiger partial charge in [0.05, 0.1) is 30.8 Å². The van der Waals surface area contributed by atoms with Crippen molar-refractivity contribution in [3.05, 3.63) is 60.0 Å². The van der Waals surface area contributed by atoms with Gasteiger partial charge in [-0.2, -0.15) is 4.98 Å². The van der Waals surface area contributed by atoms with Crippen molar-refractivity contribution in [1.82, 2.24) is 15.0 Å². The van der Waals surface area contributed by atoms with Gasteiger partial charge in [-0.3, -0.25) is 4.79 Å². The minimum absolute atomic E-state index is 0.0270. The van der Waals surface area contributed by atoms with Crippen LogP contribution in [0.2, 0.25) is 0 Å². The summed E-state index contributed by atoms with van der Waals surface area (Å²) in [5.74, 6) is 2.29. The number of amides is 1. The molecule has 3 aromatic rings. The van der Waals surface area contributed by atoms with Gasteiger partial charge >= 0.3 is 0 Å². The zero-order valence-electron chi connectivity index (χ0n) is 15.8. The summed E-state index contributed by atoms with van der Waals surface area (Å²) in [7, 11) is 1.61. The van der Waals surface area contributed by atoms with E-state index in [1.807, 2.05) is 49.4 Å². The third kappa shape index (κ3) is 3.31. The molecule has 7 nitrogen and oxygen atoms in total. The molecule has 1 aromatic heterocycles. The Bertz CT molecular complexity index is 979. The highest BCUT2D eigenvalue weighted by Crippen LogP contribution is 2.32. The van der Waals surface area contributed by atoms with E-state index in [4.69, 9.17) is 14.0 Å². The van der Waals surface area contributed by atoms with Crippen molar-refractivity contribution in [2.45, 2.75) is 12.8 Å². The number of hydrogen-bond acceptors (Lipinski definition) is 6. The van der Waals surface area contributed by atoms with Crippen molar-refractivity contribution < 1.29 is 18.8 Å². The zero-order chi connectivity index (χ0) is 19.5. The van der Waals surface area contributed by atoms with E-state index in [1.165, 1.54) is 0 Å². The van der Waals surface area contributed by atoms with E-state index in [-0.39, 0.29) is 11.8 Å². The molecule has 7 heteroatoms. The van der Waals surface area contributed by atoms with Crippen LogP contribution in [0, 0.1) is 0 Å². The highest BCUT2D eigenvalue weighted by Gasteiger charge is 2.37. The molecule has 1 fully saturated rings. The van der Waals surface area contributed by atoms with E-state index in [1.54, 1.807) is 18.1 Å². The van der Waals surface area contributed by atoms with Crippen molar-refractivity contribution in [2.75, 3.05) is 26.8 Å². The first-order chi connectivity index (χ1) is 13.7. The molecule has 0 N–H and O–H groups in total. The second-order valence-corrected chi connectivity index (χ2v) is 6.49. The van der Waals surface area contributed by atoms with Crippen LogP contribution >= 0.6 is 0 Å². The van der Waals surface area contributed by atoms with E-state index in [9.17, 15) is 4.79 Å². The lowest BCUT2D eigenvalue weighted by Crippen LogP contribution is -2.48. The number of aromatic nitrogens is 2. The molecule has 1 amide bonds. The molecule has 1 aliphatic rings. The van der Waals surface area contributed by atoms with E-state index in [2.05, 4.69) is 10.1 Å². The van der Waals surface area contributed by atoms with Crippen LogP contribution in [-0.2, 0) is 0 Å². The lowest BCUT2D eigenvalue weighted by Gasteiger charge is -2.37. The lowest BCUT2D eigenvalue weighted by atomic mass is 9.98. The molecule has 0 unspecified atom stereocenters. The summed E-state index contributed by atoms with van der Waals surface area (Å²) in [6, 6.07) is 14.8. The summed E-state index contributed by atoms with van der Waals surface area (Å²) in [5.41, 5.74) is 1.35. The van der Waals surface area contributed by atoms with Crippen molar-refractivity contribution >= 4 is 5.91 Å². The predicted octanol–water partition coefficient (Wildman–Crippen LogP) is 3.38. The van der Waals surface area contributed by atoms with Crippen LogP contribution in [0.25, 0.3) is 11.4 Å². The standard InChI is InChI=1S/C21H21N3O4/c1-3-27-18-11-7-5-9-16(18)21(25)24-12-14(13-24)20-22-19(23-28-20)15-8-4-6-10-17(15)26-2/h4-11,14H,3,12-13H2,1-2H3. The largest absolute Gasteiger partial charge is 0.496 e. The number of carbonyl (C=O) groups excluding carboxylic acids is 1. The molecule has 0 atom stereocenters. The van der Waals surface area contributed by atoms with Crippen LogP contribution in [-0.4, -0.2) is 47.8 Å². The van der Waals surface area contributed by atoms with Crippen LogP contribution in [0.3, 0.4) is 0 Å². The number of carbonyl (C=O) groups is 1. The smallest absolute Gasteiger partial charge is 0.257 e. The summed E-state index contributed by atoms with van der Waals surface area (Å²) >= 11 is 0. The molecule has 1 saturated heterocycles. The van der Waals surface area contributed by atoms with Gasteiger partial charge in [-0.15, -0.1) is 0 Å². The number of rotatable bonds is 6. The average Bonchev–Trinajstić information content (AvgIpc) is 3.17. The molecule has 0 radical (unpaired) electrons. The summed E-state index contributed by atoms with van der Waals surface area (Å²) in [4.78, 5) is 19.0. The Morgan fingerprint density at radius 1 is 1.14 bits per heavy atom. The highest BCUT2D eigenvalue weighted by molar-refractivity contribution is 5.97. The number of benzene rings is 2. The fourth-order valence-corrected chi connectivity index (χ4v) is 3.24.